The van der Waals surface area contributed by atoms with Crippen molar-refractivity contribution < 1.29 is 27.4 Å². The second-order valence-electron chi connectivity index (χ2n) is 5.35. The number of urea groups is 1. The molecule has 0 unspecified atom stereocenters. The first-order chi connectivity index (χ1) is 12.5. The Labute approximate surface area is 149 Å². The second kappa shape index (κ2) is 9.55. The van der Waals surface area contributed by atoms with Gasteiger partial charge in [-0.05, 0) is 41.8 Å². The summed E-state index contributed by atoms with van der Waals surface area (Å²) in [6, 6.07) is 10.1. The molecule has 26 heavy (non-hydrogen) atoms. The average Bonchev–Trinajstić information content (AvgIpc) is 2.62. The Balaban J connectivity index is 1.77. The molecule has 2 N–H and O–H groups in total. The molecule has 0 atom stereocenters. The molecule has 0 heterocycles. The zero-order valence-electron chi connectivity index (χ0n) is 14.1. The predicted octanol–water partition coefficient (Wildman–Crippen LogP) is 3.48. The number of hydrogen-bond donors (Lipinski definition) is 2. The van der Waals surface area contributed by atoms with E-state index in [0.29, 0.717) is 13.0 Å². The van der Waals surface area contributed by atoms with Crippen molar-refractivity contribution >= 4 is 6.03 Å². The molecule has 0 aliphatic carbocycles. The fourth-order valence-electron chi connectivity index (χ4n) is 2.23. The van der Waals surface area contributed by atoms with Crippen molar-refractivity contribution in [2.24, 2.45) is 0 Å². The van der Waals surface area contributed by atoms with Crippen LogP contribution >= 0.6 is 0 Å². The molecule has 0 saturated heterocycles. The molecule has 0 bridgehead atoms. The Bertz CT molecular complexity index is 724. The molecule has 2 rings (SSSR count). The number of benzene rings is 2. The zero-order chi connectivity index (χ0) is 18.9. The van der Waals surface area contributed by atoms with Crippen molar-refractivity contribution in [3.05, 3.63) is 59.4 Å². The van der Waals surface area contributed by atoms with Crippen LogP contribution in [-0.2, 0) is 13.0 Å². The van der Waals surface area contributed by atoms with E-state index in [2.05, 4.69) is 15.4 Å². The largest absolute Gasteiger partial charge is 0.493 e. The van der Waals surface area contributed by atoms with Gasteiger partial charge in [-0.3, -0.25) is 0 Å². The zero-order valence-corrected chi connectivity index (χ0v) is 14.1. The SMILES string of the molecule is COc1cc(CCNC(=O)NCc2ccc(F)cc2)ccc1OC(F)F. The standard InChI is InChI=1S/C18H19F3N2O3/c1-25-16-10-12(4-7-15(16)26-17(20)21)8-9-22-18(24)23-11-13-2-5-14(19)6-3-13/h2-7,10,17H,8-9,11H2,1H3,(H2,22,23,24). The minimum atomic E-state index is -2.93. The molecule has 140 valence electrons. The molecule has 2 amide bonds. The first kappa shape index (κ1) is 19.4. The van der Waals surface area contributed by atoms with Crippen molar-refractivity contribution in [3.8, 4) is 11.5 Å². The van der Waals surface area contributed by atoms with E-state index >= 15 is 0 Å². The van der Waals surface area contributed by atoms with Crippen LogP contribution < -0.4 is 20.1 Å². The van der Waals surface area contributed by atoms with Crippen molar-refractivity contribution in [1.29, 1.82) is 0 Å². The summed E-state index contributed by atoms with van der Waals surface area (Å²) in [5.74, 6) is -0.182. The third kappa shape index (κ3) is 6.19. The van der Waals surface area contributed by atoms with E-state index in [1.54, 1.807) is 24.3 Å². The molecule has 0 aliphatic heterocycles. The van der Waals surface area contributed by atoms with Gasteiger partial charge in [0.1, 0.15) is 5.82 Å². The van der Waals surface area contributed by atoms with Gasteiger partial charge in [0.2, 0.25) is 0 Å². The molecule has 0 saturated carbocycles. The van der Waals surface area contributed by atoms with Crippen LogP contribution in [0.25, 0.3) is 0 Å². The van der Waals surface area contributed by atoms with Gasteiger partial charge in [0.05, 0.1) is 7.11 Å². The summed E-state index contributed by atoms with van der Waals surface area (Å²) in [7, 11) is 1.36. The van der Waals surface area contributed by atoms with Gasteiger partial charge in [-0.1, -0.05) is 18.2 Å². The van der Waals surface area contributed by atoms with Crippen LogP contribution in [0.15, 0.2) is 42.5 Å². The first-order valence-corrected chi connectivity index (χ1v) is 7.86. The van der Waals surface area contributed by atoms with E-state index in [-0.39, 0.29) is 29.9 Å². The first-order valence-electron chi connectivity index (χ1n) is 7.86. The third-order valence-electron chi connectivity index (χ3n) is 3.51. The highest BCUT2D eigenvalue weighted by molar-refractivity contribution is 5.73. The molecule has 0 fully saturated rings. The summed E-state index contributed by atoms with van der Waals surface area (Å²) in [6.07, 6.45) is 0.481. The van der Waals surface area contributed by atoms with Gasteiger partial charge in [0.15, 0.2) is 11.5 Å². The van der Waals surface area contributed by atoms with Crippen molar-refractivity contribution in [2.75, 3.05) is 13.7 Å². The van der Waals surface area contributed by atoms with Crippen LogP contribution in [0.5, 0.6) is 11.5 Å². The van der Waals surface area contributed by atoms with E-state index in [0.717, 1.165) is 11.1 Å². The Morgan fingerprint density at radius 1 is 1.04 bits per heavy atom. The lowest BCUT2D eigenvalue weighted by atomic mass is 10.1. The maximum absolute atomic E-state index is 12.8. The van der Waals surface area contributed by atoms with Crippen LogP contribution in [0, 0.1) is 5.82 Å². The van der Waals surface area contributed by atoms with Gasteiger partial charge < -0.3 is 20.1 Å². The molecular formula is C18H19F3N2O3. The highest BCUT2D eigenvalue weighted by Crippen LogP contribution is 2.29. The topological polar surface area (TPSA) is 59.6 Å². The van der Waals surface area contributed by atoms with Crippen LogP contribution in [-0.4, -0.2) is 26.3 Å². The number of carbonyl (C=O) groups excluding carboxylic acids is 1. The maximum Gasteiger partial charge on any atom is 0.387 e. The molecule has 0 radical (unpaired) electrons. The van der Waals surface area contributed by atoms with Gasteiger partial charge >= 0.3 is 12.6 Å². The Hall–Kier alpha value is -2.90. The van der Waals surface area contributed by atoms with E-state index in [9.17, 15) is 18.0 Å². The normalized spacial score (nSPS) is 10.5. The van der Waals surface area contributed by atoms with Gasteiger partial charge in [-0.25, -0.2) is 9.18 Å². The van der Waals surface area contributed by atoms with Crippen LogP contribution in [0.2, 0.25) is 0 Å². The number of nitrogens with one attached hydrogen (secondary N) is 2. The number of halogens is 3. The number of carbonyl (C=O) groups is 1. The van der Waals surface area contributed by atoms with E-state index in [1.807, 2.05) is 0 Å². The highest BCUT2D eigenvalue weighted by Gasteiger charge is 2.11. The fourth-order valence-corrected chi connectivity index (χ4v) is 2.23. The number of amides is 2. The van der Waals surface area contributed by atoms with E-state index in [1.165, 1.54) is 25.3 Å². The monoisotopic (exact) mass is 368 g/mol. The minimum absolute atomic E-state index is 0.0451. The second-order valence-corrected chi connectivity index (χ2v) is 5.35. The molecule has 5 nitrogen and oxygen atoms in total. The molecule has 0 aliphatic rings. The van der Waals surface area contributed by atoms with Gasteiger partial charge in [-0.2, -0.15) is 8.78 Å². The van der Waals surface area contributed by atoms with Gasteiger partial charge in [0, 0.05) is 13.1 Å². The Kier molecular flexibility index (Phi) is 7.13. The fraction of sp³-hybridized carbons (Fsp3) is 0.278. The minimum Gasteiger partial charge on any atom is -0.493 e. The molecule has 8 heteroatoms. The van der Waals surface area contributed by atoms with Gasteiger partial charge in [-0.15, -0.1) is 0 Å². The smallest absolute Gasteiger partial charge is 0.387 e. The summed E-state index contributed by atoms with van der Waals surface area (Å²) >= 11 is 0. The van der Waals surface area contributed by atoms with Crippen LogP contribution in [0.4, 0.5) is 18.0 Å². The quantitative estimate of drug-likeness (QED) is 0.750. The lowest BCUT2D eigenvalue weighted by Crippen LogP contribution is -2.36. The highest BCUT2D eigenvalue weighted by atomic mass is 19.3. The third-order valence-corrected chi connectivity index (χ3v) is 3.51. The molecule has 2 aromatic rings. The van der Waals surface area contributed by atoms with Gasteiger partial charge in [0.25, 0.3) is 0 Å². The Morgan fingerprint density at radius 3 is 2.38 bits per heavy atom. The Morgan fingerprint density at radius 2 is 1.73 bits per heavy atom. The number of hydrogen-bond acceptors (Lipinski definition) is 3. The number of rotatable bonds is 8. The summed E-state index contributed by atoms with van der Waals surface area (Å²) in [5, 5.41) is 5.34. The van der Waals surface area contributed by atoms with Crippen LogP contribution in [0.1, 0.15) is 11.1 Å². The molecular weight excluding hydrogens is 349 g/mol. The molecule has 2 aromatic carbocycles. The molecule has 0 spiro atoms. The summed E-state index contributed by atoms with van der Waals surface area (Å²) in [4.78, 5) is 11.7. The lowest BCUT2D eigenvalue weighted by Gasteiger charge is -2.12. The summed E-state index contributed by atoms with van der Waals surface area (Å²) in [5.41, 5.74) is 1.57. The van der Waals surface area contributed by atoms with Crippen LogP contribution in [0.3, 0.4) is 0 Å². The lowest BCUT2D eigenvalue weighted by molar-refractivity contribution is -0.0512. The van der Waals surface area contributed by atoms with E-state index < -0.39 is 6.61 Å². The van der Waals surface area contributed by atoms with Crippen molar-refractivity contribution in [2.45, 2.75) is 19.6 Å². The van der Waals surface area contributed by atoms with Crippen molar-refractivity contribution in [1.82, 2.24) is 10.6 Å². The average molecular weight is 368 g/mol. The molecule has 0 aromatic heterocycles. The summed E-state index contributed by atoms with van der Waals surface area (Å²) < 4.78 is 46.8. The number of ether oxygens (including phenoxy) is 2. The summed E-state index contributed by atoms with van der Waals surface area (Å²) in [6.45, 7) is -2.31. The number of methoxy groups -OCH3 is 1. The maximum atomic E-state index is 12.8. The number of alkyl halides is 2. The van der Waals surface area contributed by atoms with E-state index in [4.69, 9.17) is 4.74 Å². The van der Waals surface area contributed by atoms with Crippen molar-refractivity contribution in [3.63, 3.8) is 0 Å². The predicted molar refractivity (Wildman–Crippen MR) is 90.0 cm³/mol.